The number of aryl methyl sites for hydroxylation is 1. The smallest absolute Gasteiger partial charge is 0.137 e. The van der Waals surface area contributed by atoms with E-state index in [1.165, 1.54) is 14.7 Å². The highest BCUT2D eigenvalue weighted by molar-refractivity contribution is 14.1. The Hall–Kier alpha value is -0.780. The molecule has 106 valence electrons. The topological polar surface area (TPSA) is 21.3 Å². The number of benzene rings is 2. The van der Waals surface area contributed by atoms with E-state index in [2.05, 4.69) is 53.0 Å². The standard InChI is InChI=1S/C16H17ClINO/c1-10-5-4-6-12(15(10)18)16(19-2)11-7-8-14(20-3)13(17)9-11/h4-9,16,19H,1-3H3. The quantitative estimate of drug-likeness (QED) is 0.758. The predicted octanol–water partition coefficient (Wildman–Crippen LogP) is 4.57. The van der Waals surface area contributed by atoms with Crippen molar-refractivity contribution in [3.63, 3.8) is 0 Å². The molecule has 0 heterocycles. The van der Waals surface area contributed by atoms with Gasteiger partial charge >= 0.3 is 0 Å². The SMILES string of the molecule is CNC(c1ccc(OC)c(Cl)c1)c1cccc(C)c1I. The van der Waals surface area contributed by atoms with Gasteiger partial charge in [-0.15, -0.1) is 0 Å². The second-order valence-electron chi connectivity index (χ2n) is 4.59. The van der Waals surface area contributed by atoms with Gasteiger partial charge in [0.25, 0.3) is 0 Å². The monoisotopic (exact) mass is 401 g/mol. The highest BCUT2D eigenvalue weighted by atomic mass is 127. The molecule has 4 heteroatoms. The fourth-order valence-corrected chi connectivity index (χ4v) is 3.19. The average Bonchev–Trinajstić information content (AvgIpc) is 2.44. The first-order valence-corrected chi connectivity index (χ1v) is 7.80. The summed E-state index contributed by atoms with van der Waals surface area (Å²) in [5.41, 5.74) is 3.67. The molecule has 0 amide bonds. The van der Waals surface area contributed by atoms with Gasteiger partial charge in [0.05, 0.1) is 18.2 Å². The normalized spacial score (nSPS) is 12.2. The van der Waals surface area contributed by atoms with Crippen LogP contribution in [0.1, 0.15) is 22.7 Å². The Labute approximate surface area is 138 Å². The minimum absolute atomic E-state index is 0.116. The third kappa shape index (κ3) is 3.10. The van der Waals surface area contributed by atoms with Crippen LogP contribution in [0, 0.1) is 10.5 Å². The first kappa shape index (κ1) is 15.6. The van der Waals surface area contributed by atoms with Crippen molar-refractivity contribution < 1.29 is 4.74 Å². The van der Waals surface area contributed by atoms with Crippen LogP contribution in [0.3, 0.4) is 0 Å². The van der Waals surface area contributed by atoms with Crippen LogP contribution in [0.4, 0.5) is 0 Å². The maximum Gasteiger partial charge on any atom is 0.137 e. The summed E-state index contributed by atoms with van der Waals surface area (Å²) in [6.45, 7) is 2.12. The van der Waals surface area contributed by atoms with Crippen molar-refractivity contribution in [2.45, 2.75) is 13.0 Å². The Morgan fingerprint density at radius 2 is 2.00 bits per heavy atom. The van der Waals surface area contributed by atoms with Crippen LogP contribution in [0.25, 0.3) is 0 Å². The fraction of sp³-hybridized carbons (Fsp3) is 0.250. The molecule has 20 heavy (non-hydrogen) atoms. The lowest BCUT2D eigenvalue weighted by Crippen LogP contribution is -2.19. The van der Waals surface area contributed by atoms with Crippen molar-refractivity contribution in [3.8, 4) is 5.75 Å². The minimum Gasteiger partial charge on any atom is -0.495 e. The molecule has 1 N–H and O–H groups in total. The van der Waals surface area contributed by atoms with E-state index in [9.17, 15) is 0 Å². The molecule has 0 aromatic heterocycles. The van der Waals surface area contributed by atoms with E-state index in [0.29, 0.717) is 10.8 Å². The van der Waals surface area contributed by atoms with Gasteiger partial charge in [0.15, 0.2) is 0 Å². The summed E-state index contributed by atoms with van der Waals surface area (Å²) < 4.78 is 6.48. The second kappa shape index (κ2) is 6.78. The molecule has 2 nitrogen and oxygen atoms in total. The minimum atomic E-state index is 0.116. The van der Waals surface area contributed by atoms with E-state index in [-0.39, 0.29) is 6.04 Å². The lowest BCUT2D eigenvalue weighted by atomic mass is 9.97. The largest absolute Gasteiger partial charge is 0.495 e. The van der Waals surface area contributed by atoms with E-state index in [4.69, 9.17) is 16.3 Å². The highest BCUT2D eigenvalue weighted by Gasteiger charge is 2.17. The van der Waals surface area contributed by atoms with Crippen LogP contribution in [-0.4, -0.2) is 14.2 Å². The number of hydrogen-bond acceptors (Lipinski definition) is 2. The molecule has 0 spiro atoms. The van der Waals surface area contributed by atoms with Gasteiger partial charge < -0.3 is 10.1 Å². The summed E-state index contributed by atoms with van der Waals surface area (Å²) in [6.07, 6.45) is 0. The lowest BCUT2D eigenvalue weighted by molar-refractivity contribution is 0.414. The van der Waals surface area contributed by atoms with Gasteiger partial charge in [-0.05, 0) is 65.4 Å². The first-order valence-electron chi connectivity index (χ1n) is 6.34. The number of halogens is 2. The second-order valence-corrected chi connectivity index (χ2v) is 6.08. The summed E-state index contributed by atoms with van der Waals surface area (Å²) in [5.74, 6) is 0.698. The molecule has 0 fully saturated rings. The number of rotatable bonds is 4. The summed E-state index contributed by atoms with van der Waals surface area (Å²) in [6, 6.07) is 12.4. The van der Waals surface area contributed by atoms with Gasteiger partial charge in [-0.25, -0.2) is 0 Å². The summed E-state index contributed by atoms with van der Waals surface area (Å²) in [7, 11) is 3.58. The Morgan fingerprint density at radius 3 is 2.60 bits per heavy atom. The van der Waals surface area contributed by atoms with Crippen LogP contribution < -0.4 is 10.1 Å². The maximum atomic E-state index is 6.23. The molecule has 1 atom stereocenters. The third-order valence-corrected chi connectivity index (χ3v) is 5.10. The zero-order valence-corrected chi connectivity index (χ0v) is 14.6. The van der Waals surface area contributed by atoms with Crippen molar-refractivity contribution in [1.82, 2.24) is 5.32 Å². The summed E-state index contributed by atoms with van der Waals surface area (Å²) >= 11 is 8.63. The highest BCUT2D eigenvalue weighted by Crippen LogP contribution is 2.32. The molecule has 0 saturated heterocycles. The molecular formula is C16H17ClINO. The molecule has 2 aromatic carbocycles. The predicted molar refractivity (Wildman–Crippen MR) is 92.8 cm³/mol. The van der Waals surface area contributed by atoms with Crippen LogP contribution >= 0.6 is 34.2 Å². The van der Waals surface area contributed by atoms with E-state index in [1.54, 1.807) is 7.11 Å². The summed E-state index contributed by atoms with van der Waals surface area (Å²) in [5, 5.41) is 4.00. The Bertz CT molecular complexity index is 615. The van der Waals surface area contributed by atoms with Gasteiger partial charge in [-0.1, -0.05) is 35.9 Å². The van der Waals surface area contributed by atoms with Crippen molar-refractivity contribution in [3.05, 3.63) is 61.7 Å². The van der Waals surface area contributed by atoms with Crippen LogP contribution in [0.2, 0.25) is 5.02 Å². The van der Waals surface area contributed by atoms with Crippen molar-refractivity contribution in [2.24, 2.45) is 0 Å². The number of nitrogens with one attached hydrogen (secondary N) is 1. The van der Waals surface area contributed by atoms with Crippen molar-refractivity contribution in [2.75, 3.05) is 14.2 Å². The van der Waals surface area contributed by atoms with Gasteiger partial charge in [0.2, 0.25) is 0 Å². The van der Waals surface area contributed by atoms with E-state index in [1.807, 2.05) is 25.2 Å². The molecule has 2 aromatic rings. The van der Waals surface area contributed by atoms with E-state index >= 15 is 0 Å². The average molecular weight is 402 g/mol. The van der Waals surface area contributed by atoms with Crippen molar-refractivity contribution >= 4 is 34.2 Å². The third-order valence-electron chi connectivity index (χ3n) is 3.33. The maximum absolute atomic E-state index is 6.23. The van der Waals surface area contributed by atoms with Gasteiger partial charge in [0.1, 0.15) is 5.75 Å². The van der Waals surface area contributed by atoms with Crippen LogP contribution in [0.15, 0.2) is 36.4 Å². The Kier molecular flexibility index (Phi) is 5.29. The van der Waals surface area contributed by atoms with Gasteiger partial charge in [-0.3, -0.25) is 0 Å². The van der Waals surface area contributed by atoms with Gasteiger partial charge in [0, 0.05) is 3.57 Å². The Balaban J connectivity index is 2.47. The van der Waals surface area contributed by atoms with Crippen LogP contribution in [0.5, 0.6) is 5.75 Å². The summed E-state index contributed by atoms with van der Waals surface area (Å²) in [4.78, 5) is 0. The van der Waals surface area contributed by atoms with Gasteiger partial charge in [-0.2, -0.15) is 0 Å². The first-order chi connectivity index (χ1) is 9.58. The number of ether oxygens (including phenoxy) is 1. The zero-order chi connectivity index (χ0) is 14.7. The fourth-order valence-electron chi connectivity index (χ4n) is 2.26. The van der Waals surface area contributed by atoms with Crippen molar-refractivity contribution in [1.29, 1.82) is 0 Å². The molecule has 0 aliphatic heterocycles. The molecule has 0 aliphatic rings. The molecule has 2 rings (SSSR count). The lowest BCUT2D eigenvalue weighted by Gasteiger charge is -2.20. The number of hydrogen-bond donors (Lipinski definition) is 1. The zero-order valence-electron chi connectivity index (χ0n) is 11.7. The molecule has 0 aliphatic carbocycles. The molecular weight excluding hydrogens is 385 g/mol. The van der Waals surface area contributed by atoms with Crippen LogP contribution in [-0.2, 0) is 0 Å². The molecule has 0 bridgehead atoms. The molecule has 1 unspecified atom stereocenters. The molecule has 0 saturated carbocycles. The molecule has 0 radical (unpaired) electrons. The van der Waals surface area contributed by atoms with E-state index in [0.717, 1.165) is 5.56 Å². The van der Waals surface area contributed by atoms with E-state index < -0.39 is 0 Å². The number of methoxy groups -OCH3 is 1. The Morgan fingerprint density at radius 1 is 1.25 bits per heavy atom.